The monoisotopic (exact) mass is 385 g/mol. The summed E-state index contributed by atoms with van der Waals surface area (Å²) in [5.74, 6) is 0. The second kappa shape index (κ2) is 7.80. The number of pyridine rings is 1. The molecule has 0 aliphatic carbocycles. The fourth-order valence-corrected chi connectivity index (χ4v) is 3.78. The molecule has 3 nitrogen and oxygen atoms in total. The summed E-state index contributed by atoms with van der Waals surface area (Å²) in [5, 5.41) is 0.770. The minimum atomic E-state index is -4.45. The molecular formula is C22H22F3N3. The lowest BCUT2D eigenvalue weighted by molar-refractivity contribution is -0.140. The molecule has 1 saturated heterocycles. The smallest absolute Gasteiger partial charge is 0.370 e. The lowest BCUT2D eigenvalue weighted by Gasteiger charge is -2.26. The number of alkyl halides is 3. The van der Waals surface area contributed by atoms with E-state index in [9.17, 15) is 13.2 Å². The van der Waals surface area contributed by atoms with Gasteiger partial charge < -0.3 is 4.90 Å². The molecule has 0 unspecified atom stereocenters. The summed E-state index contributed by atoms with van der Waals surface area (Å²) in [6, 6.07) is 18.5. The molecule has 0 N–H and O–H groups in total. The van der Waals surface area contributed by atoms with E-state index in [0.29, 0.717) is 17.7 Å². The maximum absolute atomic E-state index is 13.4. The summed E-state index contributed by atoms with van der Waals surface area (Å²) in [6.07, 6.45) is -3.55. The normalized spacial score (nSPS) is 16.3. The summed E-state index contributed by atoms with van der Waals surface area (Å²) in [5.41, 5.74) is 1.44. The molecule has 1 fully saturated rings. The van der Waals surface area contributed by atoms with Crippen molar-refractivity contribution in [1.29, 1.82) is 0 Å². The minimum Gasteiger partial charge on any atom is -0.370 e. The van der Waals surface area contributed by atoms with E-state index >= 15 is 0 Å². The predicted molar refractivity (Wildman–Crippen MR) is 105 cm³/mol. The van der Waals surface area contributed by atoms with E-state index < -0.39 is 11.9 Å². The van der Waals surface area contributed by atoms with Gasteiger partial charge in [-0.25, -0.2) is 4.98 Å². The van der Waals surface area contributed by atoms with Crippen molar-refractivity contribution >= 4 is 16.6 Å². The first-order valence-electron chi connectivity index (χ1n) is 9.49. The molecule has 0 saturated carbocycles. The van der Waals surface area contributed by atoms with Crippen molar-refractivity contribution in [1.82, 2.24) is 9.88 Å². The van der Waals surface area contributed by atoms with E-state index in [0.717, 1.165) is 38.0 Å². The molecule has 0 atom stereocenters. The Labute approximate surface area is 162 Å². The zero-order valence-electron chi connectivity index (χ0n) is 15.5. The van der Waals surface area contributed by atoms with Gasteiger partial charge in [0.05, 0.1) is 5.52 Å². The number of para-hydroxylation sites is 1. The molecule has 6 heteroatoms. The van der Waals surface area contributed by atoms with Crippen LogP contribution < -0.4 is 4.90 Å². The van der Waals surface area contributed by atoms with E-state index in [2.05, 4.69) is 26.9 Å². The Kier molecular flexibility index (Phi) is 5.22. The third-order valence-corrected chi connectivity index (χ3v) is 5.16. The number of hydrogen-bond acceptors (Lipinski definition) is 3. The topological polar surface area (TPSA) is 19.4 Å². The SMILES string of the molecule is FC(F)(F)c1cc(N2CCCN(Cc3ccccc3)CC2)c2ccccc2n1. The van der Waals surface area contributed by atoms with Crippen LogP contribution in [0.2, 0.25) is 0 Å². The number of rotatable bonds is 3. The quantitative estimate of drug-likeness (QED) is 0.635. The van der Waals surface area contributed by atoms with Crippen LogP contribution in [0, 0.1) is 0 Å². The number of benzene rings is 2. The molecule has 1 aliphatic rings. The van der Waals surface area contributed by atoms with Gasteiger partial charge in [-0.1, -0.05) is 48.5 Å². The van der Waals surface area contributed by atoms with Crippen molar-refractivity contribution in [2.45, 2.75) is 19.1 Å². The third-order valence-electron chi connectivity index (χ3n) is 5.16. The van der Waals surface area contributed by atoms with Gasteiger partial charge in [-0.2, -0.15) is 13.2 Å². The Balaban J connectivity index is 1.59. The molecule has 1 aliphatic heterocycles. The van der Waals surface area contributed by atoms with Crippen LogP contribution in [-0.4, -0.2) is 36.1 Å². The van der Waals surface area contributed by atoms with Crippen LogP contribution in [0.3, 0.4) is 0 Å². The lowest BCUT2D eigenvalue weighted by Crippen LogP contribution is -2.30. The molecule has 28 heavy (non-hydrogen) atoms. The van der Waals surface area contributed by atoms with Crippen molar-refractivity contribution in [3.05, 3.63) is 71.9 Å². The Morgan fingerprint density at radius 2 is 1.61 bits per heavy atom. The van der Waals surface area contributed by atoms with Gasteiger partial charge in [0.25, 0.3) is 0 Å². The predicted octanol–water partition coefficient (Wildman–Crippen LogP) is 4.97. The van der Waals surface area contributed by atoms with Gasteiger partial charge in [0.2, 0.25) is 0 Å². The zero-order valence-corrected chi connectivity index (χ0v) is 15.5. The van der Waals surface area contributed by atoms with E-state index in [1.807, 2.05) is 30.3 Å². The van der Waals surface area contributed by atoms with Gasteiger partial charge in [0.15, 0.2) is 0 Å². The van der Waals surface area contributed by atoms with E-state index in [-0.39, 0.29) is 0 Å². The summed E-state index contributed by atoms with van der Waals surface area (Å²) >= 11 is 0. The average molecular weight is 385 g/mol. The molecule has 1 aromatic heterocycles. The second-order valence-corrected chi connectivity index (χ2v) is 7.14. The summed E-state index contributed by atoms with van der Waals surface area (Å²) in [6.45, 7) is 4.03. The first-order valence-corrected chi connectivity index (χ1v) is 9.49. The molecule has 2 aromatic carbocycles. The molecule has 2 heterocycles. The zero-order chi connectivity index (χ0) is 19.6. The van der Waals surface area contributed by atoms with E-state index in [1.165, 1.54) is 11.6 Å². The number of halogens is 3. The van der Waals surface area contributed by atoms with Gasteiger partial charge in [0, 0.05) is 43.8 Å². The Morgan fingerprint density at radius 1 is 0.857 bits per heavy atom. The molecular weight excluding hydrogens is 363 g/mol. The summed E-state index contributed by atoms with van der Waals surface area (Å²) < 4.78 is 40.1. The van der Waals surface area contributed by atoms with Crippen LogP contribution in [0.25, 0.3) is 10.9 Å². The standard InChI is InChI=1S/C22H22F3N3/c23-22(24,25)21-15-20(18-9-4-5-10-19(18)26-21)28-12-6-11-27(13-14-28)16-17-7-2-1-3-8-17/h1-5,7-10,15H,6,11-14,16H2. The highest BCUT2D eigenvalue weighted by atomic mass is 19.4. The van der Waals surface area contributed by atoms with Gasteiger partial charge in [-0.3, -0.25) is 4.90 Å². The van der Waals surface area contributed by atoms with Crippen LogP contribution in [0.15, 0.2) is 60.7 Å². The van der Waals surface area contributed by atoms with E-state index in [1.54, 1.807) is 12.1 Å². The molecule has 0 amide bonds. The van der Waals surface area contributed by atoms with Gasteiger partial charge in [-0.05, 0) is 24.1 Å². The van der Waals surface area contributed by atoms with Gasteiger partial charge in [0.1, 0.15) is 5.69 Å². The van der Waals surface area contributed by atoms with Crippen molar-refractivity contribution in [2.75, 3.05) is 31.1 Å². The number of fused-ring (bicyclic) bond motifs is 1. The fourth-order valence-electron chi connectivity index (χ4n) is 3.78. The maximum atomic E-state index is 13.4. The van der Waals surface area contributed by atoms with Crippen molar-refractivity contribution in [3.8, 4) is 0 Å². The first kappa shape index (κ1) is 18.7. The van der Waals surface area contributed by atoms with E-state index in [4.69, 9.17) is 0 Å². The average Bonchev–Trinajstić information content (AvgIpc) is 2.93. The summed E-state index contributed by atoms with van der Waals surface area (Å²) in [4.78, 5) is 8.27. The van der Waals surface area contributed by atoms with Crippen molar-refractivity contribution < 1.29 is 13.2 Å². The highest BCUT2D eigenvalue weighted by Gasteiger charge is 2.34. The Hall–Kier alpha value is -2.60. The first-order chi connectivity index (χ1) is 13.5. The van der Waals surface area contributed by atoms with Crippen molar-refractivity contribution in [2.24, 2.45) is 0 Å². The van der Waals surface area contributed by atoms with Crippen molar-refractivity contribution in [3.63, 3.8) is 0 Å². The van der Waals surface area contributed by atoms with Gasteiger partial charge >= 0.3 is 6.18 Å². The molecule has 0 bridgehead atoms. The molecule has 146 valence electrons. The third kappa shape index (κ3) is 4.12. The maximum Gasteiger partial charge on any atom is 0.433 e. The number of anilines is 1. The van der Waals surface area contributed by atoms with Gasteiger partial charge in [-0.15, -0.1) is 0 Å². The minimum absolute atomic E-state index is 0.387. The molecule has 0 spiro atoms. The van der Waals surface area contributed by atoms with Crippen LogP contribution in [0.5, 0.6) is 0 Å². The molecule has 0 radical (unpaired) electrons. The Morgan fingerprint density at radius 3 is 2.39 bits per heavy atom. The van der Waals surface area contributed by atoms with Crippen LogP contribution in [0.4, 0.5) is 18.9 Å². The highest BCUT2D eigenvalue weighted by molar-refractivity contribution is 5.92. The summed E-state index contributed by atoms with van der Waals surface area (Å²) in [7, 11) is 0. The number of aromatic nitrogens is 1. The second-order valence-electron chi connectivity index (χ2n) is 7.14. The van der Waals surface area contributed by atoms with Crippen LogP contribution in [-0.2, 0) is 12.7 Å². The number of hydrogen-bond donors (Lipinski definition) is 0. The largest absolute Gasteiger partial charge is 0.433 e. The Bertz CT molecular complexity index is 941. The van der Waals surface area contributed by atoms with Crippen LogP contribution >= 0.6 is 0 Å². The number of nitrogens with zero attached hydrogens (tertiary/aromatic N) is 3. The fraction of sp³-hybridized carbons (Fsp3) is 0.318. The highest BCUT2D eigenvalue weighted by Crippen LogP contribution is 2.35. The lowest BCUT2D eigenvalue weighted by atomic mass is 10.1. The van der Waals surface area contributed by atoms with Crippen LogP contribution in [0.1, 0.15) is 17.7 Å². The molecule has 4 rings (SSSR count). The molecule has 3 aromatic rings.